The Bertz CT molecular complexity index is 1720. The van der Waals surface area contributed by atoms with Crippen LogP contribution in [0.2, 0.25) is 0 Å². The topological polar surface area (TPSA) is 96.9 Å². The van der Waals surface area contributed by atoms with E-state index in [4.69, 9.17) is 4.98 Å². The predicted molar refractivity (Wildman–Crippen MR) is 145 cm³/mol. The van der Waals surface area contributed by atoms with Crippen molar-refractivity contribution in [3.8, 4) is 28.5 Å². The first kappa shape index (κ1) is 23.9. The number of rotatable bonds is 6. The summed E-state index contributed by atoms with van der Waals surface area (Å²) in [6.45, 7) is 2.00. The molecule has 7 heteroatoms. The van der Waals surface area contributed by atoms with Crippen molar-refractivity contribution in [3.05, 3.63) is 118 Å². The van der Waals surface area contributed by atoms with E-state index in [9.17, 15) is 20.2 Å². The molecule has 37 heavy (non-hydrogen) atoms. The minimum absolute atomic E-state index is 0.164. The zero-order chi connectivity index (χ0) is 25.9. The molecule has 0 saturated carbocycles. The second kappa shape index (κ2) is 10.1. The second-order valence-electron chi connectivity index (χ2n) is 8.44. The van der Waals surface area contributed by atoms with Crippen LogP contribution >= 0.6 is 11.8 Å². The van der Waals surface area contributed by atoms with Crippen LogP contribution in [0, 0.1) is 28.4 Å². The van der Waals surface area contributed by atoms with Crippen LogP contribution in [0.15, 0.2) is 101 Å². The highest BCUT2D eigenvalue weighted by atomic mass is 32.2. The summed E-state index contributed by atoms with van der Waals surface area (Å²) in [6, 6.07) is 30.2. The molecule has 0 saturated heterocycles. The Hall–Kier alpha value is -4.80. The number of hydrogen-bond donors (Lipinski definition) is 0. The fourth-order valence-corrected chi connectivity index (χ4v) is 5.16. The molecule has 6 nitrogen and oxygen atoms in total. The second-order valence-corrected chi connectivity index (χ2v) is 9.47. The number of benzene rings is 4. The molecule has 178 valence electrons. The summed E-state index contributed by atoms with van der Waals surface area (Å²) in [6.07, 6.45) is 0.580. The number of aldehydes is 1. The molecule has 0 fully saturated rings. The molecule has 1 heterocycles. The van der Waals surface area contributed by atoms with Crippen LogP contribution in [0.25, 0.3) is 33.2 Å². The number of pyridine rings is 1. The molecule has 0 N–H and O–H groups in total. The maximum absolute atomic E-state index is 11.8. The number of hydrogen-bond acceptors (Lipinski definition) is 6. The zero-order valence-corrected chi connectivity index (χ0v) is 20.5. The maximum Gasteiger partial charge on any atom is 0.270 e. The third-order valence-corrected chi connectivity index (χ3v) is 7.14. The lowest BCUT2D eigenvalue weighted by Gasteiger charge is -2.14. The van der Waals surface area contributed by atoms with Crippen molar-refractivity contribution in [1.82, 2.24) is 4.98 Å². The molecule has 0 unspecified atom stereocenters. The van der Waals surface area contributed by atoms with Gasteiger partial charge in [0.05, 0.1) is 16.2 Å². The lowest BCUT2D eigenvalue weighted by Crippen LogP contribution is -1.98. The molecule has 0 bridgehead atoms. The number of nitriles is 1. The van der Waals surface area contributed by atoms with Crippen LogP contribution in [0.5, 0.6) is 0 Å². The van der Waals surface area contributed by atoms with E-state index in [0.29, 0.717) is 27.5 Å². The van der Waals surface area contributed by atoms with Crippen LogP contribution in [-0.2, 0) is 0 Å². The van der Waals surface area contributed by atoms with Crippen LogP contribution in [0.3, 0.4) is 0 Å². The highest BCUT2D eigenvalue weighted by molar-refractivity contribution is 7.99. The Balaban J connectivity index is 1.75. The van der Waals surface area contributed by atoms with Gasteiger partial charge in [0.25, 0.3) is 5.69 Å². The molecular weight excluding hydrogens is 482 g/mol. The van der Waals surface area contributed by atoms with Crippen molar-refractivity contribution in [3.63, 3.8) is 0 Å². The van der Waals surface area contributed by atoms with Crippen molar-refractivity contribution in [2.45, 2.75) is 16.8 Å². The molecule has 5 aromatic rings. The Morgan fingerprint density at radius 2 is 1.70 bits per heavy atom. The lowest BCUT2D eigenvalue weighted by atomic mass is 9.96. The van der Waals surface area contributed by atoms with Crippen molar-refractivity contribution in [1.29, 1.82) is 5.26 Å². The quantitative estimate of drug-likeness (QED) is 0.135. The Morgan fingerprint density at radius 1 is 0.946 bits per heavy atom. The number of carbonyl (C=O) groups excluding carboxylic acids is 1. The number of non-ortho nitro benzene ring substituents is 1. The van der Waals surface area contributed by atoms with Gasteiger partial charge in [-0.3, -0.25) is 14.9 Å². The normalized spacial score (nSPS) is 10.7. The van der Waals surface area contributed by atoms with Gasteiger partial charge < -0.3 is 0 Å². The van der Waals surface area contributed by atoms with E-state index in [1.807, 2.05) is 79.7 Å². The van der Waals surface area contributed by atoms with Gasteiger partial charge in [0, 0.05) is 33.7 Å². The highest BCUT2D eigenvalue weighted by Crippen LogP contribution is 2.39. The molecule has 4 aromatic carbocycles. The molecule has 0 aliphatic heterocycles. The van der Waals surface area contributed by atoms with Gasteiger partial charge in [0.2, 0.25) is 0 Å². The molecular formula is C30H19N3O3S. The molecule has 0 atom stereocenters. The first-order valence-electron chi connectivity index (χ1n) is 11.4. The number of carbonyl (C=O) groups is 1. The minimum atomic E-state index is -0.545. The smallest absolute Gasteiger partial charge is 0.270 e. The summed E-state index contributed by atoms with van der Waals surface area (Å²) in [7, 11) is 0. The summed E-state index contributed by atoms with van der Waals surface area (Å²) in [5.41, 5.74) is 4.64. The van der Waals surface area contributed by atoms with Gasteiger partial charge in [-0.1, -0.05) is 84.1 Å². The minimum Gasteiger partial charge on any atom is -0.298 e. The molecule has 0 spiro atoms. The SMILES string of the molecule is Cc1ccc(-c2cc(-c3cccc4ccccc34)nc(Sc3ccc([N+](=O)[O-])cc3C=O)c2C#N)cc1. The molecule has 0 aliphatic rings. The summed E-state index contributed by atoms with van der Waals surface area (Å²) in [4.78, 5) is 27.8. The van der Waals surface area contributed by atoms with E-state index in [1.54, 1.807) is 0 Å². The van der Waals surface area contributed by atoms with E-state index in [-0.39, 0.29) is 11.3 Å². The molecule has 0 radical (unpaired) electrons. The first-order valence-corrected chi connectivity index (χ1v) is 12.2. The number of aromatic nitrogens is 1. The average molecular weight is 502 g/mol. The number of nitrogens with zero attached hydrogens (tertiary/aromatic N) is 3. The van der Waals surface area contributed by atoms with Gasteiger partial charge in [-0.25, -0.2) is 4.98 Å². The van der Waals surface area contributed by atoms with E-state index in [1.165, 1.54) is 18.2 Å². The standard InChI is InChI=1S/C30H19N3O3S/c1-19-9-11-21(12-10-19)26-16-28(25-8-4-6-20-5-2-3-7-24(20)25)32-30(27(26)17-31)37-29-14-13-23(33(35)36)15-22(29)18-34/h2-16,18H,1H3. The Morgan fingerprint density at radius 3 is 2.43 bits per heavy atom. The van der Waals surface area contributed by atoms with E-state index in [0.717, 1.165) is 44.8 Å². The first-order chi connectivity index (χ1) is 18.0. The zero-order valence-electron chi connectivity index (χ0n) is 19.7. The predicted octanol–water partition coefficient (Wildman–Crippen LogP) is 7.62. The Labute approximate surface area is 217 Å². The van der Waals surface area contributed by atoms with Crippen molar-refractivity contribution in [2.24, 2.45) is 0 Å². The summed E-state index contributed by atoms with van der Waals surface area (Å²) < 4.78 is 0. The van der Waals surface area contributed by atoms with Crippen LogP contribution in [-0.4, -0.2) is 16.2 Å². The van der Waals surface area contributed by atoms with Gasteiger partial charge in [-0.05, 0) is 35.4 Å². The van der Waals surface area contributed by atoms with E-state index >= 15 is 0 Å². The summed E-state index contributed by atoms with van der Waals surface area (Å²) in [5.74, 6) is 0. The fraction of sp³-hybridized carbons (Fsp3) is 0.0333. The largest absolute Gasteiger partial charge is 0.298 e. The molecule has 1 aromatic heterocycles. The third kappa shape index (κ3) is 4.70. The van der Waals surface area contributed by atoms with Crippen molar-refractivity contribution < 1.29 is 9.72 Å². The van der Waals surface area contributed by atoms with Crippen molar-refractivity contribution in [2.75, 3.05) is 0 Å². The van der Waals surface area contributed by atoms with Gasteiger partial charge in [-0.2, -0.15) is 5.26 Å². The van der Waals surface area contributed by atoms with Crippen LogP contribution < -0.4 is 0 Å². The van der Waals surface area contributed by atoms with Gasteiger partial charge in [0.15, 0.2) is 6.29 Å². The lowest BCUT2D eigenvalue weighted by molar-refractivity contribution is -0.384. The summed E-state index contributed by atoms with van der Waals surface area (Å²) in [5, 5.41) is 23.9. The molecule has 0 amide bonds. The monoisotopic (exact) mass is 501 g/mol. The Kier molecular flexibility index (Phi) is 6.50. The number of nitro benzene ring substituents is 1. The van der Waals surface area contributed by atoms with E-state index in [2.05, 4.69) is 6.07 Å². The van der Waals surface area contributed by atoms with E-state index < -0.39 is 4.92 Å². The van der Waals surface area contributed by atoms with Gasteiger partial charge >= 0.3 is 0 Å². The van der Waals surface area contributed by atoms with Crippen LogP contribution in [0.4, 0.5) is 5.69 Å². The van der Waals surface area contributed by atoms with Crippen LogP contribution in [0.1, 0.15) is 21.5 Å². The maximum atomic E-state index is 11.8. The van der Waals surface area contributed by atoms with Gasteiger partial charge in [-0.15, -0.1) is 0 Å². The van der Waals surface area contributed by atoms with Gasteiger partial charge in [0.1, 0.15) is 11.1 Å². The highest BCUT2D eigenvalue weighted by Gasteiger charge is 2.19. The molecule has 0 aliphatic carbocycles. The average Bonchev–Trinajstić information content (AvgIpc) is 2.92. The fourth-order valence-electron chi connectivity index (χ4n) is 4.19. The number of nitro groups is 1. The number of aryl methyl sites for hydroxylation is 1. The third-order valence-electron chi connectivity index (χ3n) is 6.06. The molecule has 5 rings (SSSR count). The summed E-state index contributed by atoms with van der Waals surface area (Å²) >= 11 is 1.15. The van der Waals surface area contributed by atoms with Crippen molar-refractivity contribution >= 4 is 34.5 Å². The number of fused-ring (bicyclic) bond motifs is 1.